The van der Waals surface area contributed by atoms with E-state index in [0.29, 0.717) is 5.69 Å². The third kappa shape index (κ3) is 2.15. The van der Waals surface area contributed by atoms with Gasteiger partial charge in [-0.1, -0.05) is 0 Å². The van der Waals surface area contributed by atoms with Crippen LogP contribution in [0.15, 0.2) is 17.1 Å². The van der Waals surface area contributed by atoms with Gasteiger partial charge in [0.1, 0.15) is 11.5 Å². The summed E-state index contributed by atoms with van der Waals surface area (Å²) in [5.41, 5.74) is 3.22. The fourth-order valence-corrected chi connectivity index (χ4v) is 2.82. The van der Waals surface area contributed by atoms with Crippen LogP contribution in [0.5, 0.6) is 0 Å². The van der Waals surface area contributed by atoms with Gasteiger partial charge in [-0.15, -0.1) is 11.3 Å². The summed E-state index contributed by atoms with van der Waals surface area (Å²) in [7, 11) is 0. The number of hydrogen-bond donors (Lipinski definition) is 1. The van der Waals surface area contributed by atoms with Crippen LogP contribution in [-0.4, -0.2) is 26.5 Å². The highest BCUT2D eigenvalue weighted by Crippen LogP contribution is 2.15. The summed E-state index contributed by atoms with van der Waals surface area (Å²) in [6, 6.07) is 0.167. The fourth-order valence-electron chi connectivity index (χ4n) is 2.29. The molecule has 1 aliphatic rings. The zero-order valence-electron chi connectivity index (χ0n) is 10.1. The molecule has 3 rings (SSSR count). The Morgan fingerprint density at radius 3 is 3.28 bits per heavy atom. The van der Waals surface area contributed by atoms with Gasteiger partial charge in [0.25, 0.3) is 5.91 Å². The quantitative estimate of drug-likeness (QED) is 0.889. The average Bonchev–Trinajstić information content (AvgIpc) is 2.95. The number of carbonyl (C=O) groups excluding carboxylic acids is 1. The number of amides is 1. The fraction of sp³-hybridized carbons (Fsp3) is 0.417. The number of aryl methyl sites for hydroxylation is 2. The van der Waals surface area contributed by atoms with Gasteiger partial charge in [0.05, 0.1) is 11.2 Å². The molecular weight excluding hydrogens is 248 g/mol. The van der Waals surface area contributed by atoms with Gasteiger partial charge < -0.3 is 9.88 Å². The lowest BCUT2D eigenvalue weighted by molar-refractivity contribution is 0.0923. The highest BCUT2D eigenvalue weighted by Gasteiger charge is 2.22. The third-order valence-corrected chi connectivity index (χ3v) is 3.70. The molecule has 6 heteroatoms. The minimum absolute atomic E-state index is 0.0819. The molecular formula is C12H14N4OS. The van der Waals surface area contributed by atoms with Gasteiger partial charge in [-0.05, 0) is 13.3 Å². The van der Waals surface area contributed by atoms with E-state index in [9.17, 15) is 4.79 Å². The number of nitrogens with zero attached hydrogens (tertiary/aromatic N) is 3. The van der Waals surface area contributed by atoms with Crippen LogP contribution in [-0.2, 0) is 13.0 Å². The molecule has 1 N–H and O–H groups in total. The molecule has 18 heavy (non-hydrogen) atoms. The molecule has 0 unspecified atom stereocenters. The number of nitrogens with one attached hydrogen (secondary N) is 1. The van der Waals surface area contributed by atoms with Crippen molar-refractivity contribution in [1.82, 2.24) is 19.9 Å². The van der Waals surface area contributed by atoms with E-state index in [1.807, 2.05) is 13.1 Å². The van der Waals surface area contributed by atoms with Crippen LogP contribution >= 0.6 is 11.3 Å². The summed E-state index contributed by atoms with van der Waals surface area (Å²) in [4.78, 5) is 20.4. The minimum Gasteiger partial charge on any atom is -0.346 e. The molecule has 2 aromatic rings. The van der Waals surface area contributed by atoms with Gasteiger partial charge in [0.2, 0.25) is 0 Å². The summed E-state index contributed by atoms with van der Waals surface area (Å²) in [5.74, 6) is 1.04. The average molecular weight is 262 g/mol. The second kappa shape index (κ2) is 4.53. The topological polar surface area (TPSA) is 59.8 Å². The molecule has 0 bridgehead atoms. The Bertz CT molecular complexity index is 561. The van der Waals surface area contributed by atoms with E-state index in [1.54, 1.807) is 10.9 Å². The molecule has 0 fully saturated rings. The second-order valence-corrected chi connectivity index (χ2v) is 5.25. The van der Waals surface area contributed by atoms with E-state index in [2.05, 4.69) is 19.9 Å². The largest absolute Gasteiger partial charge is 0.346 e. The molecule has 94 valence electrons. The van der Waals surface area contributed by atoms with Crippen molar-refractivity contribution >= 4 is 17.2 Å². The van der Waals surface area contributed by atoms with Crippen molar-refractivity contribution < 1.29 is 4.79 Å². The van der Waals surface area contributed by atoms with Gasteiger partial charge >= 0.3 is 0 Å². The predicted octanol–water partition coefficient (Wildman–Crippen LogP) is 1.39. The molecule has 1 aliphatic heterocycles. The van der Waals surface area contributed by atoms with Gasteiger partial charge in [0, 0.05) is 30.6 Å². The van der Waals surface area contributed by atoms with Crippen molar-refractivity contribution in [3.63, 3.8) is 0 Å². The molecule has 5 nitrogen and oxygen atoms in total. The lowest BCUT2D eigenvalue weighted by Gasteiger charge is -2.24. The van der Waals surface area contributed by atoms with Crippen LogP contribution in [0.25, 0.3) is 0 Å². The number of thiazole rings is 1. The Morgan fingerprint density at radius 1 is 1.61 bits per heavy atom. The van der Waals surface area contributed by atoms with E-state index in [-0.39, 0.29) is 11.9 Å². The lowest BCUT2D eigenvalue weighted by atomic mass is 10.1. The first-order chi connectivity index (χ1) is 8.72. The molecule has 0 aromatic carbocycles. The van der Waals surface area contributed by atoms with Crippen molar-refractivity contribution in [2.75, 3.05) is 0 Å². The van der Waals surface area contributed by atoms with Crippen LogP contribution < -0.4 is 5.32 Å². The first kappa shape index (κ1) is 11.4. The molecule has 2 aromatic heterocycles. The van der Waals surface area contributed by atoms with Crippen LogP contribution in [0, 0.1) is 6.92 Å². The van der Waals surface area contributed by atoms with Crippen molar-refractivity contribution in [2.45, 2.75) is 32.4 Å². The molecule has 0 spiro atoms. The predicted molar refractivity (Wildman–Crippen MR) is 68.7 cm³/mol. The van der Waals surface area contributed by atoms with Gasteiger partial charge in [-0.25, -0.2) is 9.97 Å². The van der Waals surface area contributed by atoms with E-state index < -0.39 is 0 Å². The SMILES string of the molecule is Cc1cn2c(n1)CC[C@H](NC(=O)c1cscn1)C2. The van der Waals surface area contributed by atoms with Crippen LogP contribution in [0.1, 0.15) is 28.4 Å². The maximum atomic E-state index is 11.9. The van der Waals surface area contributed by atoms with E-state index in [1.165, 1.54) is 11.3 Å². The molecule has 0 aliphatic carbocycles. The Kier molecular flexibility index (Phi) is 2.87. The number of imidazole rings is 1. The first-order valence-electron chi connectivity index (χ1n) is 5.94. The van der Waals surface area contributed by atoms with Gasteiger partial charge in [-0.3, -0.25) is 4.79 Å². The van der Waals surface area contributed by atoms with Gasteiger partial charge in [0.15, 0.2) is 0 Å². The summed E-state index contributed by atoms with van der Waals surface area (Å²) in [6.07, 6.45) is 3.89. The van der Waals surface area contributed by atoms with Crippen molar-refractivity contribution in [3.05, 3.63) is 34.3 Å². The molecule has 3 heterocycles. The molecule has 0 saturated carbocycles. The summed E-state index contributed by atoms with van der Waals surface area (Å²) in [6.45, 7) is 2.79. The second-order valence-electron chi connectivity index (χ2n) is 4.53. The Labute approximate surface area is 109 Å². The smallest absolute Gasteiger partial charge is 0.271 e. The number of aromatic nitrogens is 3. The maximum absolute atomic E-state index is 11.9. The number of hydrogen-bond acceptors (Lipinski definition) is 4. The Morgan fingerprint density at radius 2 is 2.50 bits per heavy atom. The zero-order chi connectivity index (χ0) is 12.5. The summed E-state index contributed by atoms with van der Waals surface area (Å²) in [5, 5.41) is 4.80. The van der Waals surface area contributed by atoms with Crippen molar-refractivity contribution in [2.24, 2.45) is 0 Å². The molecule has 1 atom stereocenters. The molecule has 0 radical (unpaired) electrons. The number of fused-ring (bicyclic) bond motifs is 1. The molecule has 1 amide bonds. The minimum atomic E-state index is -0.0819. The normalized spacial score (nSPS) is 18.4. The van der Waals surface area contributed by atoms with Crippen molar-refractivity contribution in [1.29, 1.82) is 0 Å². The maximum Gasteiger partial charge on any atom is 0.271 e. The zero-order valence-corrected chi connectivity index (χ0v) is 10.9. The van der Waals surface area contributed by atoms with E-state index in [0.717, 1.165) is 30.9 Å². The van der Waals surface area contributed by atoms with Gasteiger partial charge in [-0.2, -0.15) is 0 Å². The first-order valence-corrected chi connectivity index (χ1v) is 6.88. The van der Waals surface area contributed by atoms with Crippen molar-refractivity contribution in [3.8, 4) is 0 Å². The lowest BCUT2D eigenvalue weighted by Crippen LogP contribution is -2.41. The number of carbonyl (C=O) groups is 1. The summed E-state index contributed by atoms with van der Waals surface area (Å²) < 4.78 is 2.13. The monoisotopic (exact) mass is 262 g/mol. The van der Waals surface area contributed by atoms with Crippen LogP contribution in [0.3, 0.4) is 0 Å². The third-order valence-electron chi connectivity index (χ3n) is 3.11. The Balaban J connectivity index is 1.68. The summed E-state index contributed by atoms with van der Waals surface area (Å²) >= 11 is 1.43. The van der Waals surface area contributed by atoms with Crippen LogP contribution in [0.2, 0.25) is 0 Å². The van der Waals surface area contributed by atoms with E-state index >= 15 is 0 Å². The molecule has 0 saturated heterocycles. The highest BCUT2D eigenvalue weighted by molar-refractivity contribution is 7.07. The van der Waals surface area contributed by atoms with Crippen LogP contribution in [0.4, 0.5) is 0 Å². The van der Waals surface area contributed by atoms with E-state index in [4.69, 9.17) is 0 Å². The standard InChI is InChI=1S/C12H14N4OS/c1-8-4-16-5-9(2-3-11(16)14-8)15-12(17)10-6-18-7-13-10/h4,6-7,9H,2-3,5H2,1H3,(H,15,17)/t9-/m0/s1. The Hall–Kier alpha value is -1.69. The highest BCUT2D eigenvalue weighted by atomic mass is 32.1. The number of rotatable bonds is 2.